The lowest BCUT2D eigenvalue weighted by molar-refractivity contribution is -0.136. The van der Waals surface area contributed by atoms with Crippen molar-refractivity contribution in [3.8, 4) is 22.8 Å². The van der Waals surface area contributed by atoms with Crippen LogP contribution in [0, 0.1) is 0 Å². The molecular formula is C27H27NO4. The quantitative estimate of drug-likeness (QED) is 0.294. The zero-order valence-corrected chi connectivity index (χ0v) is 18.1. The van der Waals surface area contributed by atoms with Gasteiger partial charge in [0.1, 0.15) is 18.1 Å². The van der Waals surface area contributed by atoms with Gasteiger partial charge in [0.2, 0.25) is 0 Å². The Morgan fingerprint density at radius 2 is 1.75 bits per heavy atom. The molecule has 0 saturated carbocycles. The number of aliphatic carboxylic acids is 1. The highest BCUT2D eigenvalue weighted by Gasteiger charge is 2.19. The molecule has 0 spiro atoms. The summed E-state index contributed by atoms with van der Waals surface area (Å²) in [7, 11) is 0. The fourth-order valence-corrected chi connectivity index (χ4v) is 3.75. The summed E-state index contributed by atoms with van der Waals surface area (Å²) in [6, 6.07) is 23.5. The molecule has 3 aromatic carbocycles. The summed E-state index contributed by atoms with van der Waals surface area (Å²) >= 11 is 0. The van der Waals surface area contributed by atoms with Gasteiger partial charge in [-0.2, -0.15) is 0 Å². The standard InChI is InChI=1S/C27H27NO4/c1-2-3-15-31-20-13-14-24-22(16-20)23(17-26(29)30)27(28-24)21-11-7-8-12-25(21)32-18-19-9-5-4-6-10-19/h4-14,16,28H,2-3,15,17-18H2,1H3,(H,29,30). The number of rotatable bonds is 10. The maximum atomic E-state index is 11.7. The molecule has 164 valence electrons. The molecule has 4 aromatic rings. The lowest BCUT2D eigenvalue weighted by Crippen LogP contribution is -2.02. The van der Waals surface area contributed by atoms with Gasteiger partial charge in [0, 0.05) is 16.5 Å². The molecule has 0 aliphatic carbocycles. The summed E-state index contributed by atoms with van der Waals surface area (Å²) in [6.45, 7) is 3.19. The number of para-hydroxylation sites is 1. The van der Waals surface area contributed by atoms with Crippen molar-refractivity contribution in [1.82, 2.24) is 4.98 Å². The first kappa shape index (κ1) is 21.5. The van der Waals surface area contributed by atoms with E-state index in [4.69, 9.17) is 9.47 Å². The predicted octanol–water partition coefficient (Wildman–Crippen LogP) is 6.22. The second-order valence-corrected chi connectivity index (χ2v) is 7.73. The van der Waals surface area contributed by atoms with Gasteiger partial charge in [-0.05, 0) is 47.9 Å². The SMILES string of the molecule is CCCCOc1ccc2[nH]c(-c3ccccc3OCc3ccccc3)c(CC(=O)O)c2c1. The van der Waals surface area contributed by atoms with E-state index in [2.05, 4.69) is 11.9 Å². The van der Waals surface area contributed by atoms with Crippen LogP contribution in [-0.4, -0.2) is 22.7 Å². The van der Waals surface area contributed by atoms with Crippen LogP contribution in [0.15, 0.2) is 72.8 Å². The number of benzene rings is 3. The third-order valence-electron chi connectivity index (χ3n) is 5.37. The molecule has 5 nitrogen and oxygen atoms in total. The average molecular weight is 430 g/mol. The number of aromatic nitrogens is 1. The number of fused-ring (bicyclic) bond motifs is 1. The molecule has 0 unspecified atom stereocenters. The number of nitrogens with one attached hydrogen (secondary N) is 1. The largest absolute Gasteiger partial charge is 0.494 e. The lowest BCUT2D eigenvalue weighted by Gasteiger charge is -2.12. The Bertz CT molecular complexity index is 1200. The summed E-state index contributed by atoms with van der Waals surface area (Å²) < 4.78 is 12.0. The van der Waals surface area contributed by atoms with Crippen LogP contribution < -0.4 is 9.47 Å². The summed E-state index contributed by atoms with van der Waals surface area (Å²) in [5, 5.41) is 10.5. The molecular weight excluding hydrogens is 402 g/mol. The number of unbranched alkanes of at least 4 members (excludes halogenated alkanes) is 1. The second kappa shape index (κ2) is 10.1. The Kier molecular flexibility index (Phi) is 6.75. The minimum absolute atomic E-state index is 0.0965. The number of hydrogen-bond donors (Lipinski definition) is 2. The van der Waals surface area contributed by atoms with Crippen LogP contribution in [-0.2, 0) is 17.8 Å². The summed E-state index contributed by atoms with van der Waals surface area (Å²) in [6.07, 6.45) is 1.94. The second-order valence-electron chi connectivity index (χ2n) is 7.73. The van der Waals surface area contributed by atoms with Crippen molar-refractivity contribution in [3.05, 3.63) is 83.9 Å². The van der Waals surface area contributed by atoms with Gasteiger partial charge in [0.25, 0.3) is 0 Å². The van der Waals surface area contributed by atoms with Gasteiger partial charge in [-0.1, -0.05) is 55.8 Å². The molecule has 4 rings (SSSR count). The first-order chi connectivity index (χ1) is 15.7. The molecule has 0 aliphatic rings. The summed E-state index contributed by atoms with van der Waals surface area (Å²) in [4.78, 5) is 15.1. The monoisotopic (exact) mass is 429 g/mol. The smallest absolute Gasteiger partial charge is 0.307 e. The number of carbonyl (C=O) groups is 1. The average Bonchev–Trinajstić information content (AvgIpc) is 3.16. The number of carboxylic acid groups (broad SMARTS) is 1. The zero-order valence-electron chi connectivity index (χ0n) is 18.1. The van der Waals surface area contributed by atoms with E-state index in [0.717, 1.165) is 51.9 Å². The summed E-state index contributed by atoms with van der Waals surface area (Å²) in [5.74, 6) is 0.567. The van der Waals surface area contributed by atoms with Crippen LogP contribution >= 0.6 is 0 Å². The third-order valence-corrected chi connectivity index (χ3v) is 5.37. The first-order valence-corrected chi connectivity index (χ1v) is 10.9. The van der Waals surface area contributed by atoms with E-state index in [9.17, 15) is 9.90 Å². The minimum atomic E-state index is -0.882. The molecule has 0 radical (unpaired) electrons. The molecule has 0 bridgehead atoms. The number of ether oxygens (including phenoxy) is 2. The van der Waals surface area contributed by atoms with Crippen molar-refractivity contribution in [2.75, 3.05) is 6.61 Å². The Labute approximate surface area is 187 Å². The fraction of sp³-hybridized carbons (Fsp3) is 0.222. The fourth-order valence-electron chi connectivity index (χ4n) is 3.75. The van der Waals surface area contributed by atoms with Gasteiger partial charge in [-0.3, -0.25) is 4.79 Å². The Balaban J connectivity index is 1.72. The normalized spacial score (nSPS) is 10.9. The first-order valence-electron chi connectivity index (χ1n) is 10.9. The number of H-pyrrole nitrogens is 1. The van der Waals surface area contributed by atoms with Gasteiger partial charge in [0.05, 0.1) is 18.7 Å². The number of hydrogen-bond acceptors (Lipinski definition) is 3. The van der Waals surface area contributed by atoms with Gasteiger partial charge < -0.3 is 19.6 Å². The van der Waals surface area contributed by atoms with Gasteiger partial charge in [-0.25, -0.2) is 0 Å². The maximum Gasteiger partial charge on any atom is 0.307 e. The van der Waals surface area contributed by atoms with E-state index in [1.54, 1.807) is 0 Å². The van der Waals surface area contributed by atoms with Crippen molar-refractivity contribution in [2.45, 2.75) is 32.8 Å². The van der Waals surface area contributed by atoms with Crippen LogP contribution in [0.5, 0.6) is 11.5 Å². The van der Waals surface area contributed by atoms with E-state index in [1.807, 2.05) is 72.8 Å². The van der Waals surface area contributed by atoms with Crippen molar-refractivity contribution >= 4 is 16.9 Å². The molecule has 0 fully saturated rings. The van der Waals surface area contributed by atoms with Crippen molar-refractivity contribution in [1.29, 1.82) is 0 Å². The van der Waals surface area contributed by atoms with Crippen LogP contribution in [0.4, 0.5) is 0 Å². The van der Waals surface area contributed by atoms with E-state index in [0.29, 0.717) is 19.0 Å². The maximum absolute atomic E-state index is 11.7. The van der Waals surface area contributed by atoms with Crippen molar-refractivity contribution < 1.29 is 19.4 Å². The molecule has 32 heavy (non-hydrogen) atoms. The van der Waals surface area contributed by atoms with Gasteiger partial charge in [-0.15, -0.1) is 0 Å². The van der Waals surface area contributed by atoms with E-state index < -0.39 is 5.97 Å². The number of carboxylic acids is 1. The van der Waals surface area contributed by atoms with Crippen molar-refractivity contribution in [3.63, 3.8) is 0 Å². The Morgan fingerprint density at radius 1 is 0.969 bits per heavy atom. The molecule has 0 saturated heterocycles. The van der Waals surface area contributed by atoms with Crippen LogP contribution in [0.3, 0.4) is 0 Å². The molecule has 5 heteroatoms. The topological polar surface area (TPSA) is 71.5 Å². The van der Waals surface area contributed by atoms with E-state index >= 15 is 0 Å². The van der Waals surface area contributed by atoms with Crippen molar-refractivity contribution in [2.24, 2.45) is 0 Å². The van der Waals surface area contributed by atoms with Crippen LogP contribution in [0.1, 0.15) is 30.9 Å². The molecule has 1 heterocycles. The van der Waals surface area contributed by atoms with Gasteiger partial charge in [0.15, 0.2) is 0 Å². The highest BCUT2D eigenvalue weighted by atomic mass is 16.5. The molecule has 0 amide bonds. The Hall–Kier alpha value is -3.73. The zero-order chi connectivity index (χ0) is 22.3. The molecule has 0 aliphatic heterocycles. The predicted molar refractivity (Wildman–Crippen MR) is 126 cm³/mol. The van der Waals surface area contributed by atoms with Crippen LogP contribution in [0.25, 0.3) is 22.2 Å². The van der Waals surface area contributed by atoms with E-state index in [1.165, 1.54) is 0 Å². The summed E-state index contributed by atoms with van der Waals surface area (Å²) in [5.41, 5.74) is 4.26. The van der Waals surface area contributed by atoms with E-state index in [-0.39, 0.29) is 6.42 Å². The van der Waals surface area contributed by atoms with Gasteiger partial charge >= 0.3 is 5.97 Å². The lowest BCUT2D eigenvalue weighted by atomic mass is 10.0. The molecule has 2 N–H and O–H groups in total. The molecule has 1 aromatic heterocycles. The number of aromatic amines is 1. The van der Waals surface area contributed by atoms with Crippen LogP contribution in [0.2, 0.25) is 0 Å². The minimum Gasteiger partial charge on any atom is -0.494 e. The molecule has 0 atom stereocenters. The Morgan fingerprint density at radius 3 is 2.53 bits per heavy atom. The third kappa shape index (κ3) is 4.94. The highest BCUT2D eigenvalue weighted by molar-refractivity contribution is 5.95. The highest BCUT2D eigenvalue weighted by Crippen LogP contribution is 2.37.